The first-order valence-corrected chi connectivity index (χ1v) is 22.6. The fourth-order valence-corrected chi connectivity index (χ4v) is 10.0. The molecule has 352 valence electrons. The average Bonchev–Trinajstić information content (AvgIpc) is 3.19. The number of ketones is 1. The van der Waals surface area contributed by atoms with Gasteiger partial charge in [0.15, 0.2) is 18.4 Å². The predicted octanol–water partition coefficient (Wildman–Crippen LogP) is 3.34. The van der Waals surface area contributed by atoms with E-state index >= 15 is 0 Å². The summed E-state index contributed by atoms with van der Waals surface area (Å²) >= 11 is 0. The number of allylic oxidation sites excluding steroid dienone is 3. The molecule has 61 heavy (non-hydrogen) atoms. The van der Waals surface area contributed by atoms with E-state index in [4.69, 9.17) is 33.2 Å². The van der Waals surface area contributed by atoms with Crippen LogP contribution in [0.1, 0.15) is 87.5 Å². The normalized spacial score (nSPS) is 44.3. The van der Waals surface area contributed by atoms with Gasteiger partial charge in [0.05, 0.1) is 49.6 Å². The summed E-state index contributed by atoms with van der Waals surface area (Å²) in [6.45, 7) is 18.2. The Morgan fingerprint density at radius 1 is 0.820 bits per heavy atom. The van der Waals surface area contributed by atoms with Crippen LogP contribution >= 0.6 is 0 Å². The average molecular weight is 869 g/mol. The van der Waals surface area contributed by atoms with Gasteiger partial charge in [-0.1, -0.05) is 52.3 Å². The number of aliphatic hydroxyl groups is 4. The summed E-state index contributed by atoms with van der Waals surface area (Å²) in [7, 11) is 6.54. The molecular weight excluding hydrogens is 789 g/mol. The molecule has 15 heteroatoms. The summed E-state index contributed by atoms with van der Waals surface area (Å²) in [5, 5.41) is 45.3. The number of aliphatic hydroxyl groups excluding tert-OH is 4. The summed E-state index contributed by atoms with van der Waals surface area (Å²) in [6, 6.07) is -0.684. The number of nitrogens with zero attached hydrogens (tertiary/aromatic N) is 2. The van der Waals surface area contributed by atoms with Crippen LogP contribution in [0.2, 0.25) is 0 Å². The van der Waals surface area contributed by atoms with Gasteiger partial charge in [0.2, 0.25) is 0 Å². The van der Waals surface area contributed by atoms with E-state index < -0.39 is 103 Å². The van der Waals surface area contributed by atoms with Crippen LogP contribution in [0.25, 0.3) is 0 Å². The first-order chi connectivity index (χ1) is 28.8. The fourth-order valence-electron chi connectivity index (χ4n) is 10.0. The minimum absolute atomic E-state index is 0.0427. The van der Waals surface area contributed by atoms with Crippen molar-refractivity contribution in [2.45, 2.75) is 167 Å². The SMILES string of the molecule is CCC1OC(=O)C[C@H](O)[C@@H](C)C(OC2OC(C)C(O)C(N(C)C)C2O)[C@H](CCN2C[C@H](C)C[C@H](C)C2)C[C@H](C)C(=O)/C=C/C(C)=C\[C@H]1COC1OC(C)C(O)C(OC)C1OC. The number of carbonyl (C=O) groups excluding carboxylic acids is 2. The second-order valence-corrected chi connectivity index (χ2v) is 18.9. The number of hydrogen-bond donors (Lipinski definition) is 4. The zero-order valence-corrected chi connectivity index (χ0v) is 38.9. The van der Waals surface area contributed by atoms with Crippen molar-refractivity contribution in [3.8, 4) is 0 Å². The van der Waals surface area contributed by atoms with E-state index in [0.29, 0.717) is 31.1 Å². The minimum atomic E-state index is -1.23. The highest BCUT2D eigenvalue weighted by Crippen LogP contribution is 2.36. The van der Waals surface area contributed by atoms with Gasteiger partial charge in [-0.3, -0.25) is 9.59 Å². The van der Waals surface area contributed by atoms with E-state index in [9.17, 15) is 30.0 Å². The van der Waals surface area contributed by atoms with Crippen molar-refractivity contribution in [3.05, 3.63) is 23.8 Å². The molecule has 4 heterocycles. The molecule has 0 aliphatic carbocycles. The van der Waals surface area contributed by atoms with E-state index in [1.807, 2.05) is 33.8 Å². The molecule has 0 aromatic heterocycles. The van der Waals surface area contributed by atoms with Crippen LogP contribution in [-0.4, -0.2) is 176 Å². The molecular formula is C46H80N2O13. The third-order valence-corrected chi connectivity index (χ3v) is 13.5. The topological polar surface area (TPSA) is 186 Å². The van der Waals surface area contributed by atoms with Gasteiger partial charge in [-0.15, -0.1) is 0 Å². The summed E-state index contributed by atoms with van der Waals surface area (Å²) in [4.78, 5) is 32.1. The quantitative estimate of drug-likeness (QED) is 0.209. The smallest absolute Gasteiger partial charge is 0.308 e. The first-order valence-electron chi connectivity index (χ1n) is 22.6. The van der Waals surface area contributed by atoms with E-state index in [0.717, 1.165) is 25.2 Å². The number of likely N-dealkylation sites (N-methyl/N-ethyl adjacent to an activating group) is 1. The number of esters is 1. The maximum atomic E-state index is 14.0. The molecule has 0 bridgehead atoms. The number of cyclic esters (lactones) is 1. The highest BCUT2D eigenvalue weighted by molar-refractivity contribution is 5.91. The van der Waals surface area contributed by atoms with Gasteiger partial charge in [0.25, 0.3) is 0 Å². The molecule has 0 spiro atoms. The number of carbonyl (C=O) groups is 2. The summed E-state index contributed by atoms with van der Waals surface area (Å²) in [5.74, 6) is -1.46. The van der Waals surface area contributed by atoms with Crippen LogP contribution in [0, 0.1) is 35.5 Å². The summed E-state index contributed by atoms with van der Waals surface area (Å²) in [6.07, 6.45) is -2.96. The molecule has 4 N–H and O–H groups in total. The van der Waals surface area contributed by atoms with Crippen LogP contribution < -0.4 is 0 Å². The number of ether oxygens (including phenoxy) is 7. The van der Waals surface area contributed by atoms with Gasteiger partial charge in [0, 0.05) is 45.1 Å². The zero-order chi connectivity index (χ0) is 45.3. The maximum absolute atomic E-state index is 14.0. The Bertz CT molecular complexity index is 1420. The second kappa shape index (κ2) is 23.9. The Hall–Kier alpha value is -1.86. The summed E-state index contributed by atoms with van der Waals surface area (Å²) < 4.78 is 42.6. The Balaban J connectivity index is 1.68. The van der Waals surface area contributed by atoms with Crippen molar-refractivity contribution in [1.82, 2.24) is 9.80 Å². The lowest BCUT2D eigenvalue weighted by molar-refractivity contribution is -0.304. The molecule has 0 amide bonds. The minimum Gasteiger partial charge on any atom is -0.462 e. The zero-order valence-electron chi connectivity index (χ0n) is 38.9. The Labute approximate surface area is 365 Å². The predicted molar refractivity (Wildman–Crippen MR) is 229 cm³/mol. The number of rotatable bonds is 12. The molecule has 0 aromatic rings. The number of hydrogen-bond acceptors (Lipinski definition) is 15. The van der Waals surface area contributed by atoms with Crippen LogP contribution in [0.15, 0.2) is 23.8 Å². The monoisotopic (exact) mass is 869 g/mol. The van der Waals surface area contributed by atoms with E-state index in [2.05, 4.69) is 18.7 Å². The summed E-state index contributed by atoms with van der Waals surface area (Å²) in [5.41, 5.74) is 0.761. The van der Waals surface area contributed by atoms with Crippen LogP contribution in [0.4, 0.5) is 0 Å². The maximum Gasteiger partial charge on any atom is 0.308 e. The molecule has 3 saturated heterocycles. The Morgan fingerprint density at radius 3 is 2.05 bits per heavy atom. The number of piperidine rings is 1. The lowest BCUT2D eigenvalue weighted by Gasteiger charge is -2.47. The molecule has 4 aliphatic rings. The van der Waals surface area contributed by atoms with Crippen molar-refractivity contribution in [1.29, 1.82) is 0 Å². The van der Waals surface area contributed by atoms with Gasteiger partial charge in [-0.2, -0.15) is 0 Å². The second-order valence-electron chi connectivity index (χ2n) is 18.9. The van der Waals surface area contributed by atoms with Gasteiger partial charge in [0.1, 0.15) is 30.5 Å². The molecule has 3 fully saturated rings. The molecule has 0 saturated carbocycles. The van der Waals surface area contributed by atoms with Gasteiger partial charge in [-0.25, -0.2) is 0 Å². The molecule has 0 radical (unpaired) electrons. The first kappa shape index (κ1) is 51.8. The van der Waals surface area contributed by atoms with Gasteiger partial charge >= 0.3 is 5.97 Å². The molecule has 15 nitrogen and oxygen atoms in total. The van der Waals surface area contributed by atoms with Crippen molar-refractivity contribution in [2.24, 2.45) is 35.5 Å². The largest absolute Gasteiger partial charge is 0.462 e. The van der Waals surface area contributed by atoms with Crippen LogP contribution in [0.5, 0.6) is 0 Å². The lowest BCUT2D eigenvalue weighted by atomic mass is 9.79. The Morgan fingerprint density at radius 2 is 1.44 bits per heavy atom. The molecule has 12 unspecified atom stereocenters. The molecule has 4 aliphatic heterocycles. The van der Waals surface area contributed by atoms with Crippen molar-refractivity contribution in [2.75, 3.05) is 54.6 Å². The standard InChI is InChI=1S/C46H80N2O13/c1-13-36-33(24-57-46-44(56-12)43(55-11)40(53)31(8)59-46)19-25(2)14-15-34(49)28(5)20-32(16-17-48-22-26(3)18-27(4)23-48)42(29(6)35(50)21-37(51)60-36)61-45-41(54)38(47(9)10)39(52)30(7)58-45/h14-15,19,26-33,35-36,38-46,50,52-54H,13,16-18,20-24H2,1-12H3/b15-14+,25-19-/t26-,27+,28-,29+,30?,31?,32+,33-,35-,36?,38?,39?,40?,41?,42?,43?,44?,45?,46?/m0/s1. The lowest BCUT2D eigenvalue weighted by Crippen LogP contribution is -2.63. The molecule has 4 rings (SSSR count). The number of methoxy groups -OCH3 is 2. The van der Waals surface area contributed by atoms with Crippen molar-refractivity contribution >= 4 is 11.8 Å². The van der Waals surface area contributed by atoms with E-state index in [-0.39, 0.29) is 24.7 Å². The highest BCUT2D eigenvalue weighted by atomic mass is 16.7. The van der Waals surface area contributed by atoms with Gasteiger partial charge < -0.3 is 63.4 Å². The Kier molecular flexibility index (Phi) is 20.3. The van der Waals surface area contributed by atoms with Crippen molar-refractivity contribution in [3.63, 3.8) is 0 Å². The highest BCUT2D eigenvalue weighted by Gasteiger charge is 2.48. The van der Waals surface area contributed by atoms with E-state index in [1.54, 1.807) is 45.0 Å². The van der Waals surface area contributed by atoms with Crippen LogP contribution in [0.3, 0.4) is 0 Å². The molecule has 19 atom stereocenters. The fraction of sp³-hybridized carbons (Fsp3) is 0.870. The third-order valence-electron chi connectivity index (χ3n) is 13.5. The van der Waals surface area contributed by atoms with Crippen molar-refractivity contribution < 1.29 is 63.2 Å². The third kappa shape index (κ3) is 13.8. The van der Waals surface area contributed by atoms with Gasteiger partial charge in [-0.05, 0) is 90.9 Å². The van der Waals surface area contributed by atoms with E-state index in [1.165, 1.54) is 20.6 Å². The number of likely N-dealkylation sites (tertiary alicyclic amines) is 1. The van der Waals surface area contributed by atoms with Crippen LogP contribution in [-0.2, 0) is 42.7 Å². The molecule has 0 aromatic carbocycles.